The lowest BCUT2D eigenvalue weighted by Crippen LogP contribution is -2.47. The molecule has 1 aliphatic carbocycles. The minimum Gasteiger partial charge on any atom is -0.326 e. The third-order valence-electron chi connectivity index (χ3n) is 5.37. The summed E-state index contributed by atoms with van der Waals surface area (Å²) in [6, 6.07) is 10.2. The Hall–Kier alpha value is -3.60. The smallest absolute Gasteiger partial charge is 0.326 e. The van der Waals surface area contributed by atoms with Crippen LogP contribution in [-0.4, -0.2) is 11.8 Å². The molecule has 0 spiro atoms. The molecule has 0 saturated heterocycles. The Labute approximate surface area is 170 Å². The Morgan fingerprint density at radius 2 is 1.90 bits per heavy atom. The minimum atomic E-state index is -4.55. The summed E-state index contributed by atoms with van der Waals surface area (Å²) in [5.74, 6) is -0.157. The van der Waals surface area contributed by atoms with Crippen LogP contribution in [0.25, 0.3) is 0 Å². The van der Waals surface area contributed by atoms with Crippen LogP contribution in [0.3, 0.4) is 0 Å². The predicted octanol–water partition coefficient (Wildman–Crippen LogP) is 4.77. The molecule has 0 radical (unpaired) electrons. The number of carbonyl (C=O) groups is 2. The summed E-state index contributed by atoms with van der Waals surface area (Å²) >= 11 is 0. The molecule has 0 bridgehead atoms. The first kappa shape index (κ1) is 19.7. The fourth-order valence-electron chi connectivity index (χ4n) is 4.00. The number of nitrogens with zero attached hydrogens (tertiary/aromatic N) is 2. The number of carbonyl (C=O) groups excluding carboxylic acids is 2. The summed E-state index contributed by atoms with van der Waals surface area (Å²) < 4.78 is 39.4. The summed E-state index contributed by atoms with van der Waals surface area (Å²) in [4.78, 5) is 26.8. The second-order valence-corrected chi connectivity index (χ2v) is 7.23. The van der Waals surface area contributed by atoms with Crippen molar-refractivity contribution in [1.82, 2.24) is 5.32 Å². The zero-order valence-corrected chi connectivity index (χ0v) is 15.9. The van der Waals surface area contributed by atoms with Gasteiger partial charge in [-0.05, 0) is 54.8 Å². The zero-order valence-electron chi connectivity index (χ0n) is 15.9. The number of rotatable bonds is 2. The highest BCUT2D eigenvalue weighted by Crippen LogP contribution is 2.42. The Balaban J connectivity index is 1.83. The van der Waals surface area contributed by atoms with Crippen molar-refractivity contribution in [3.05, 3.63) is 76.0 Å². The molecule has 1 unspecified atom stereocenters. The van der Waals surface area contributed by atoms with Gasteiger partial charge in [0, 0.05) is 17.7 Å². The lowest BCUT2D eigenvalue weighted by Gasteiger charge is -2.35. The van der Waals surface area contributed by atoms with Crippen LogP contribution < -0.4 is 10.2 Å². The van der Waals surface area contributed by atoms with Crippen molar-refractivity contribution in [3.63, 3.8) is 0 Å². The van der Waals surface area contributed by atoms with Gasteiger partial charge in [0.15, 0.2) is 5.78 Å². The monoisotopic (exact) mass is 411 g/mol. The topological polar surface area (TPSA) is 73.2 Å². The molecule has 2 aromatic carbocycles. The van der Waals surface area contributed by atoms with Gasteiger partial charge in [-0.2, -0.15) is 18.4 Å². The van der Waals surface area contributed by atoms with Crippen molar-refractivity contribution in [2.75, 3.05) is 4.90 Å². The van der Waals surface area contributed by atoms with E-state index in [1.54, 1.807) is 25.1 Å². The van der Waals surface area contributed by atoms with Gasteiger partial charge in [-0.15, -0.1) is 0 Å². The number of nitriles is 1. The van der Waals surface area contributed by atoms with Gasteiger partial charge in [0.25, 0.3) is 0 Å². The number of ketones is 1. The van der Waals surface area contributed by atoms with Gasteiger partial charge < -0.3 is 5.32 Å². The highest BCUT2D eigenvalue weighted by Gasteiger charge is 2.42. The first-order valence-electron chi connectivity index (χ1n) is 9.25. The van der Waals surface area contributed by atoms with Gasteiger partial charge in [0.05, 0.1) is 28.9 Å². The number of Topliss-reactive ketones (excluding diaryl/α,β-unsaturated/α-hetero) is 1. The number of hydrogen-bond acceptors (Lipinski definition) is 3. The van der Waals surface area contributed by atoms with Gasteiger partial charge in [0.2, 0.25) is 0 Å². The first-order chi connectivity index (χ1) is 14.2. The number of hydrogen-bond donors (Lipinski definition) is 1. The number of allylic oxidation sites excluding steroid dienone is 1. The van der Waals surface area contributed by atoms with E-state index in [4.69, 9.17) is 5.26 Å². The number of nitrogens with one attached hydrogen (secondary N) is 1. The van der Waals surface area contributed by atoms with Crippen molar-refractivity contribution >= 4 is 17.5 Å². The number of halogens is 3. The molecule has 0 saturated carbocycles. The Kier molecular flexibility index (Phi) is 4.61. The van der Waals surface area contributed by atoms with Crippen LogP contribution in [0.1, 0.15) is 41.1 Å². The lowest BCUT2D eigenvalue weighted by atomic mass is 9.91. The zero-order chi connectivity index (χ0) is 21.6. The molecule has 152 valence electrons. The van der Waals surface area contributed by atoms with Crippen LogP contribution >= 0.6 is 0 Å². The average molecular weight is 411 g/mol. The predicted molar refractivity (Wildman–Crippen MR) is 102 cm³/mol. The number of aryl methyl sites for hydroxylation is 1. The third-order valence-corrected chi connectivity index (χ3v) is 5.37. The molecule has 0 aromatic heterocycles. The molecular formula is C22H16F3N3O2. The Morgan fingerprint density at radius 3 is 2.57 bits per heavy atom. The van der Waals surface area contributed by atoms with Crippen LogP contribution in [0.4, 0.5) is 23.7 Å². The van der Waals surface area contributed by atoms with Gasteiger partial charge >= 0.3 is 12.2 Å². The summed E-state index contributed by atoms with van der Waals surface area (Å²) in [6.07, 6.45) is -4.10. The molecule has 1 aliphatic heterocycles. The fraction of sp³-hybridized carbons (Fsp3) is 0.227. The number of alkyl halides is 3. The van der Waals surface area contributed by atoms with Crippen molar-refractivity contribution < 1.29 is 22.8 Å². The van der Waals surface area contributed by atoms with Crippen molar-refractivity contribution in [3.8, 4) is 6.07 Å². The van der Waals surface area contributed by atoms with Crippen LogP contribution in [0.2, 0.25) is 0 Å². The van der Waals surface area contributed by atoms with Crippen molar-refractivity contribution in [2.45, 2.75) is 32.0 Å². The van der Waals surface area contributed by atoms with E-state index in [0.717, 1.165) is 22.6 Å². The molecular weight excluding hydrogens is 395 g/mol. The van der Waals surface area contributed by atoms with Gasteiger partial charge in [-0.1, -0.05) is 12.1 Å². The van der Waals surface area contributed by atoms with E-state index in [1.807, 2.05) is 6.07 Å². The maximum atomic E-state index is 13.1. The standard InChI is InChI=1S/C22H16F3N3O2/c1-12-9-13(11-26)5-6-16(12)20-19-17(7-8-18(19)29)28(21(30)27-20)15-4-2-3-14(10-15)22(23,24)25/h2-6,9-10,20H,7-8H2,1H3,(H,27,30). The van der Waals surface area contributed by atoms with E-state index in [2.05, 4.69) is 5.32 Å². The van der Waals surface area contributed by atoms with Crippen LogP contribution in [0, 0.1) is 18.3 Å². The summed E-state index contributed by atoms with van der Waals surface area (Å²) in [6.45, 7) is 1.78. The van der Waals surface area contributed by atoms with E-state index in [1.165, 1.54) is 12.1 Å². The fourth-order valence-corrected chi connectivity index (χ4v) is 4.00. The van der Waals surface area contributed by atoms with Gasteiger partial charge in [0.1, 0.15) is 0 Å². The molecule has 1 N–H and O–H groups in total. The van der Waals surface area contributed by atoms with Crippen LogP contribution in [-0.2, 0) is 11.0 Å². The van der Waals surface area contributed by atoms with Gasteiger partial charge in [-0.3, -0.25) is 9.69 Å². The first-order valence-corrected chi connectivity index (χ1v) is 9.25. The maximum Gasteiger partial charge on any atom is 0.416 e. The molecule has 2 amide bonds. The summed E-state index contributed by atoms with van der Waals surface area (Å²) in [7, 11) is 0. The van der Waals surface area contributed by atoms with Crippen LogP contribution in [0.5, 0.6) is 0 Å². The Bertz CT molecular complexity index is 1150. The van der Waals surface area contributed by atoms with E-state index < -0.39 is 23.8 Å². The summed E-state index contributed by atoms with van der Waals surface area (Å²) in [5.41, 5.74) is 1.84. The maximum absolute atomic E-state index is 13.1. The Morgan fingerprint density at radius 1 is 1.13 bits per heavy atom. The van der Waals surface area contributed by atoms with E-state index in [0.29, 0.717) is 22.4 Å². The minimum absolute atomic E-state index is 0.0551. The molecule has 1 heterocycles. The SMILES string of the molecule is Cc1cc(C#N)ccc1C1NC(=O)N(c2cccc(C(F)(F)F)c2)C2=C1C(=O)CC2. The molecule has 0 fully saturated rings. The number of anilines is 1. The molecule has 2 aliphatic rings. The largest absolute Gasteiger partial charge is 0.416 e. The second kappa shape index (κ2) is 7.02. The highest BCUT2D eigenvalue weighted by molar-refractivity contribution is 6.08. The molecule has 30 heavy (non-hydrogen) atoms. The number of urea groups is 1. The van der Waals surface area contributed by atoms with Gasteiger partial charge in [-0.25, -0.2) is 4.79 Å². The van der Waals surface area contributed by atoms with E-state index in [-0.39, 0.29) is 24.3 Å². The average Bonchev–Trinajstić information content (AvgIpc) is 3.08. The second-order valence-electron chi connectivity index (χ2n) is 7.23. The molecule has 2 aromatic rings. The van der Waals surface area contributed by atoms with Crippen molar-refractivity contribution in [2.24, 2.45) is 0 Å². The third kappa shape index (κ3) is 3.22. The van der Waals surface area contributed by atoms with E-state index in [9.17, 15) is 22.8 Å². The molecule has 1 atom stereocenters. The van der Waals surface area contributed by atoms with Crippen molar-refractivity contribution in [1.29, 1.82) is 5.26 Å². The summed E-state index contributed by atoms with van der Waals surface area (Å²) in [5, 5.41) is 11.8. The molecule has 8 heteroatoms. The lowest BCUT2D eigenvalue weighted by molar-refractivity contribution is -0.137. The quantitative estimate of drug-likeness (QED) is 0.774. The molecule has 4 rings (SSSR count). The normalized spacial score (nSPS) is 18.9. The number of benzene rings is 2. The van der Waals surface area contributed by atoms with Crippen LogP contribution in [0.15, 0.2) is 53.7 Å². The van der Waals surface area contributed by atoms with E-state index >= 15 is 0 Å². The number of amides is 2. The molecule has 5 nitrogen and oxygen atoms in total. The highest BCUT2D eigenvalue weighted by atomic mass is 19.4.